The molecular formula is C10H16F3N3O. The summed E-state index contributed by atoms with van der Waals surface area (Å²) >= 11 is 0. The van der Waals surface area contributed by atoms with Gasteiger partial charge in [-0.05, 0) is 12.5 Å². The van der Waals surface area contributed by atoms with E-state index in [0.717, 1.165) is 6.54 Å². The van der Waals surface area contributed by atoms with Crippen LogP contribution in [0.4, 0.5) is 13.2 Å². The van der Waals surface area contributed by atoms with Crippen LogP contribution in [0.15, 0.2) is 4.52 Å². The molecule has 1 heterocycles. The highest BCUT2D eigenvalue weighted by atomic mass is 19.4. The van der Waals surface area contributed by atoms with E-state index in [2.05, 4.69) is 20.0 Å². The summed E-state index contributed by atoms with van der Waals surface area (Å²) in [5, 5.41) is 6.09. The highest BCUT2D eigenvalue weighted by molar-refractivity contribution is 4.93. The van der Waals surface area contributed by atoms with Crippen molar-refractivity contribution in [3.05, 3.63) is 11.7 Å². The van der Waals surface area contributed by atoms with Crippen LogP contribution in [0.3, 0.4) is 0 Å². The van der Waals surface area contributed by atoms with Crippen molar-refractivity contribution in [3.8, 4) is 0 Å². The van der Waals surface area contributed by atoms with E-state index in [-0.39, 0.29) is 17.9 Å². The van der Waals surface area contributed by atoms with Crippen LogP contribution < -0.4 is 5.32 Å². The van der Waals surface area contributed by atoms with Gasteiger partial charge in [0.1, 0.15) is 0 Å². The van der Waals surface area contributed by atoms with Crippen molar-refractivity contribution in [1.29, 1.82) is 0 Å². The molecule has 0 bridgehead atoms. The van der Waals surface area contributed by atoms with E-state index in [9.17, 15) is 13.2 Å². The molecule has 1 aromatic rings. The molecular weight excluding hydrogens is 235 g/mol. The molecule has 1 N–H and O–H groups in total. The Morgan fingerprint density at radius 2 is 2.00 bits per heavy atom. The molecule has 0 spiro atoms. The minimum absolute atomic E-state index is 0.0111. The van der Waals surface area contributed by atoms with Gasteiger partial charge in [-0.3, -0.25) is 0 Å². The van der Waals surface area contributed by atoms with Gasteiger partial charge in [-0.15, -0.1) is 0 Å². The average molecular weight is 251 g/mol. The first-order chi connectivity index (χ1) is 7.84. The maximum atomic E-state index is 12.2. The number of rotatable bonds is 5. The normalized spacial score (nSPS) is 14.3. The van der Waals surface area contributed by atoms with E-state index in [0.29, 0.717) is 6.42 Å². The second-order valence-electron chi connectivity index (χ2n) is 4.12. The number of nitrogens with zero attached hydrogens (tertiary/aromatic N) is 2. The second kappa shape index (κ2) is 5.48. The molecule has 0 fully saturated rings. The first kappa shape index (κ1) is 14.0. The smallest absolute Gasteiger partial charge is 0.339 e. The van der Waals surface area contributed by atoms with E-state index in [1.54, 1.807) is 0 Å². The van der Waals surface area contributed by atoms with Crippen molar-refractivity contribution >= 4 is 0 Å². The molecule has 1 aromatic heterocycles. The Morgan fingerprint density at radius 3 is 2.41 bits per heavy atom. The topological polar surface area (TPSA) is 51.0 Å². The fourth-order valence-corrected chi connectivity index (χ4v) is 1.45. The zero-order chi connectivity index (χ0) is 13.1. The number of hydrogen-bond donors (Lipinski definition) is 1. The molecule has 4 nitrogen and oxygen atoms in total. The summed E-state index contributed by atoms with van der Waals surface area (Å²) in [4.78, 5) is 3.34. The molecule has 0 aromatic carbocycles. The van der Waals surface area contributed by atoms with Crippen LogP contribution in [-0.4, -0.2) is 22.7 Å². The molecule has 98 valence electrons. The Hall–Kier alpha value is -1.11. The molecule has 0 saturated heterocycles. The predicted octanol–water partition coefficient (Wildman–Crippen LogP) is 2.27. The Balaban J connectivity index is 2.70. The highest BCUT2D eigenvalue weighted by Crippen LogP contribution is 2.26. The fourth-order valence-electron chi connectivity index (χ4n) is 1.45. The van der Waals surface area contributed by atoms with E-state index < -0.39 is 12.0 Å². The lowest BCUT2D eigenvalue weighted by Crippen LogP contribution is -2.35. The lowest BCUT2D eigenvalue weighted by molar-refractivity contribution is -0.146. The van der Waals surface area contributed by atoms with Crippen LogP contribution in [0.5, 0.6) is 0 Å². The van der Waals surface area contributed by atoms with Crippen molar-refractivity contribution in [1.82, 2.24) is 15.5 Å². The van der Waals surface area contributed by atoms with Gasteiger partial charge < -0.3 is 9.84 Å². The average Bonchev–Trinajstić information content (AvgIpc) is 2.64. The summed E-state index contributed by atoms with van der Waals surface area (Å²) in [6.45, 7) is 6.64. The SMILES string of the molecule is CCNC(Cc1nc(C(F)(F)F)no1)C(C)C. The quantitative estimate of drug-likeness (QED) is 0.872. The summed E-state index contributed by atoms with van der Waals surface area (Å²) < 4.78 is 41.3. The van der Waals surface area contributed by atoms with E-state index in [4.69, 9.17) is 0 Å². The number of aromatic nitrogens is 2. The van der Waals surface area contributed by atoms with Crippen LogP contribution in [0, 0.1) is 5.92 Å². The van der Waals surface area contributed by atoms with E-state index in [1.807, 2.05) is 20.8 Å². The minimum atomic E-state index is -4.55. The number of halogens is 3. The van der Waals surface area contributed by atoms with E-state index in [1.165, 1.54) is 0 Å². The Morgan fingerprint density at radius 1 is 1.35 bits per heavy atom. The van der Waals surface area contributed by atoms with Gasteiger partial charge in [-0.1, -0.05) is 25.9 Å². The lowest BCUT2D eigenvalue weighted by Gasteiger charge is -2.19. The summed E-state index contributed by atoms with van der Waals surface area (Å²) in [6.07, 6.45) is -4.25. The third-order valence-corrected chi connectivity index (χ3v) is 2.39. The second-order valence-corrected chi connectivity index (χ2v) is 4.12. The molecule has 17 heavy (non-hydrogen) atoms. The third-order valence-electron chi connectivity index (χ3n) is 2.39. The number of hydrogen-bond acceptors (Lipinski definition) is 4. The third kappa shape index (κ3) is 3.99. The standard InChI is InChI=1S/C10H16F3N3O/c1-4-14-7(6(2)3)5-8-15-9(16-17-8)10(11,12)13/h6-7,14H,4-5H2,1-3H3. The molecule has 0 amide bonds. The van der Waals surface area contributed by atoms with Crippen LogP contribution in [0.25, 0.3) is 0 Å². The fraction of sp³-hybridized carbons (Fsp3) is 0.800. The van der Waals surface area contributed by atoms with Gasteiger partial charge in [0.15, 0.2) is 0 Å². The summed E-state index contributed by atoms with van der Waals surface area (Å²) in [7, 11) is 0. The van der Waals surface area contributed by atoms with Gasteiger partial charge in [0.25, 0.3) is 5.82 Å². The molecule has 0 saturated carbocycles. The summed E-state index contributed by atoms with van der Waals surface area (Å²) in [6, 6.07) is 0.0292. The molecule has 1 atom stereocenters. The van der Waals surface area contributed by atoms with Crippen molar-refractivity contribution < 1.29 is 17.7 Å². The molecule has 0 aliphatic heterocycles. The minimum Gasteiger partial charge on any atom is -0.339 e. The first-order valence-corrected chi connectivity index (χ1v) is 5.47. The summed E-state index contributed by atoms with van der Waals surface area (Å²) in [5.41, 5.74) is 0. The zero-order valence-corrected chi connectivity index (χ0v) is 10.0. The largest absolute Gasteiger partial charge is 0.455 e. The number of nitrogens with one attached hydrogen (secondary N) is 1. The number of likely N-dealkylation sites (N-methyl/N-ethyl adjacent to an activating group) is 1. The van der Waals surface area contributed by atoms with Gasteiger partial charge in [-0.25, -0.2) is 0 Å². The van der Waals surface area contributed by atoms with E-state index >= 15 is 0 Å². The zero-order valence-electron chi connectivity index (χ0n) is 10.0. The maximum absolute atomic E-state index is 12.2. The first-order valence-electron chi connectivity index (χ1n) is 5.47. The Labute approximate surface area is 97.6 Å². The van der Waals surface area contributed by atoms with Gasteiger partial charge in [-0.2, -0.15) is 18.2 Å². The van der Waals surface area contributed by atoms with Crippen molar-refractivity contribution in [2.45, 2.75) is 39.4 Å². The monoisotopic (exact) mass is 251 g/mol. The molecule has 0 aliphatic rings. The van der Waals surface area contributed by atoms with Crippen LogP contribution >= 0.6 is 0 Å². The Kier molecular flexibility index (Phi) is 4.50. The van der Waals surface area contributed by atoms with Crippen LogP contribution in [-0.2, 0) is 12.6 Å². The van der Waals surface area contributed by atoms with Crippen molar-refractivity contribution in [2.24, 2.45) is 5.92 Å². The maximum Gasteiger partial charge on any atom is 0.455 e. The highest BCUT2D eigenvalue weighted by Gasteiger charge is 2.37. The molecule has 0 radical (unpaired) electrons. The lowest BCUT2D eigenvalue weighted by atomic mass is 10.0. The molecule has 1 unspecified atom stereocenters. The van der Waals surface area contributed by atoms with Gasteiger partial charge in [0.2, 0.25) is 5.89 Å². The summed E-state index contributed by atoms with van der Waals surface area (Å²) in [5.74, 6) is -0.931. The van der Waals surface area contributed by atoms with Gasteiger partial charge in [0, 0.05) is 12.5 Å². The number of alkyl halides is 3. The predicted molar refractivity (Wildman–Crippen MR) is 55.3 cm³/mol. The molecule has 1 rings (SSSR count). The Bertz CT molecular complexity index is 349. The van der Waals surface area contributed by atoms with Crippen molar-refractivity contribution in [3.63, 3.8) is 0 Å². The van der Waals surface area contributed by atoms with Crippen LogP contribution in [0.2, 0.25) is 0 Å². The van der Waals surface area contributed by atoms with Gasteiger partial charge in [0.05, 0.1) is 0 Å². The van der Waals surface area contributed by atoms with Crippen LogP contribution in [0.1, 0.15) is 32.5 Å². The van der Waals surface area contributed by atoms with Crippen molar-refractivity contribution in [2.75, 3.05) is 6.54 Å². The molecule has 7 heteroatoms. The van der Waals surface area contributed by atoms with Gasteiger partial charge >= 0.3 is 6.18 Å². The molecule has 0 aliphatic carbocycles.